The summed E-state index contributed by atoms with van der Waals surface area (Å²) in [5.41, 5.74) is 2.61. The number of amides is 2. The van der Waals surface area contributed by atoms with E-state index in [9.17, 15) is 24.8 Å². The topological polar surface area (TPSA) is 134 Å². The molecular formula is C29H42N4O5. The summed E-state index contributed by atoms with van der Waals surface area (Å²) in [6.45, 7) is 10.8. The van der Waals surface area contributed by atoms with Crippen LogP contribution in [0.2, 0.25) is 0 Å². The van der Waals surface area contributed by atoms with Crippen molar-refractivity contribution in [3.05, 3.63) is 74.3 Å². The van der Waals surface area contributed by atoms with Crippen molar-refractivity contribution in [2.24, 2.45) is 5.92 Å². The van der Waals surface area contributed by atoms with Gasteiger partial charge in [0.1, 0.15) is 0 Å². The molecule has 9 nitrogen and oxygen atoms in total. The van der Waals surface area contributed by atoms with Gasteiger partial charge < -0.3 is 21.1 Å². The number of unbranched alkanes of at least 4 members (excludes halogenated alkanes) is 1. The highest BCUT2D eigenvalue weighted by atomic mass is 16.6. The molecule has 2 aromatic carbocycles. The average molecular weight is 527 g/mol. The fraction of sp³-hybridized carbons (Fsp3) is 0.517. The standard InChI is InChI=1S/C29H42N4O5/c1-7-8-12-24-25(33(37)38)14-13-23(27(24)29(36)30-6)19(4)20(5)31-17-26(34)21-10-9-11-22(15-21)28(35)32-16-18(2)3/h9-11,13-15,18-20,26,31,34H,7-8,12,16-17H2,1-6H3,(H,30,36)(H,32,35). The Morgan fingerprint density at radius 1 is 1.05 bits per heavy atom. The number of carbonyl (C=O) groups excluding carboxylic acids is 2. The lowest BCUT2D eigenvalue weighted by molar-refractivity contribution is -0.385. The molecule has 0 fully saturated rings. The summed E-state index contributed by atoms with van der Waals surface area (Å²) < 4.78 is 0. The summed E-state index contributed by atoms with van der Waals surface area (Å²) in [4.78, 5) is 36.6. The van der Waals surface area contributed by atoms with Gasteiger partial charge in [0.15, 0.2) is 0 Å². The summed E-state index contributed by atoms with van der Waals surface area (Å²) in [5, 5.41) is 31.4. The number of nitrogens with one attached hydrogen (secondary N) is 3. The summed E-state index contributed by atoms with van der Waals surface area (Å²) in [5.74, 6) is -0.366. The van der Waals surface area contributed by atoms with Crippen molar-refractivity contribution in [3.8, 4) is 0 Å². The van der Waals surface area contributed by atoms with E-state index in [1.807, 2.05) is 34.6 Å². The van der Waals surface area contributed by atoms with Gasteiger partial charge in [0.25, 0.3) is 17.5 Å². The predicted octanol–water partition coefficient (Wildman–Crippen LogP) is 4.50. The number of aliphatic hydroxyl groups excluding tert-OH is 1. The van der Waals surface area contributed by atoms with E-state index in [1.54, 1.807) is 30.3 Å². The van der Waals surface area contributed by atoms with Gasteiger partial charge in [-0.05, 0) is 54.9 Å². The Labute approximate surface area is 225 Å². The lowest BCUT2D eigenvalue weighted by Gasteiger charge is -2.26. The molecule has 2 aromatic rings. The van der Waals surface area contributed by atoms with Crippen LogP contribution in [0.25, 0.3) is 0 Å². The molecule has 0 saturated carbocycles. The zero-order valence-corrected chi connectivity index (χ0v) is 23.3. The van der Waals surface area contributed by atoms with Gasteiger partial charge in [0, 0.05) is 43.4 Å². The summed E-state index contributed by atoms with van der Waals surface area (Å²) in [6.07, 6.45) is 1.17. The molecule has 38 heavy (non-hydrogen) atoms. The Bertz CT molecular complexity index is 1120. The first-order valence-corrected chi connectivity index (χ1v) is 13.3. The number of rotatable bonds is 14. The van der Waals surface area contributed by atoms with Gasteiger partial charge in [-0.1, -0.05) is 52.3 Å². The molecule has 9 heteroatoms. The Kier molecular flexibility index (Phi) is 11.9. The molecular weight excluding hydrogens is 484 g/mol. The van der Waals surface area contributed by atoms with Crippen molar-refractivity contribution in [2.45, 2.75) is 71.9 Å². The van der Waals surface area contributed by atoms with E-state index in [-0.39, 0.29) is 36.0 Å². The average Bonchev–Trinajstić information content (AvgIpc) is 2.91. The maximum atomic E-state index is 12.9. The fourth-order valence-corrected chi connectivity index (χ4v) is 4.35. The number of nitrogens with zero attached hydrogens (tertiary/aromatic N) is 1. The molecule has 4 N–H and O–H groups in total. The monoisotopic (exact) mass is 526 g/mol. The van der Waals surface area contributed by atoms with Crippen LogP contribution >= 0.6 is 0 Å². The van der Waals surface area contributed by atoms with E-state index in [0.717, 1.165) is 18.4 Å². The number of carbonyl (C=O) groups is 2. The molecule has 0 spiro atoms. The van der Waals surface area contributed by atoms with E-state index in [4.69, 9.17) is 0 Å². The molecule has 2 amide bonds. The van der Waals surface area contributed by atoms with E-state index < -0.39 is 11.0 Å². The first kappa shape index (κ1) is 30.9. The Morgan fingerprint density at radius 3 is 2.37 bits per heavy atom. The Morgan fingerprint density at radius 2 is 1.76 bits per heavy atom. The molecule has 2 rings (SSSR count). The van der Waals surface area contributed by atoms with E-state index in [1.165, 1.54) is 13.1 Å². The summed E-state index contributed by atoms with van der Waals surface area (Å²) in [6, 6.07) is 9.92. The third-order valence-corrected chi connectivity index (χ3v) is 6.83. The van der Waals surface area contributed by atoms with E-state index >= 15 is 0 Å². The van der Waals surface area contributed by atoms with Crippen molar-refractivity contribution in [3.63, 3.8) is 0 Å². The Hall–Kier alpha value is -3.30. The zero-order valence-electron chi connectivity index (χ0n) is 23.3. The second-order valence-corrected chi connectivity index (χ2v) is 10.2. The van der Waals surface area contributed by atoms with Gasteiger partial charge >= 0.3 is 0 Å². The first-order chi connectivity index (χ1) is 18.0. The number of benzene rings is 2. The third kappa shape index (κ3) is 8.10. The largest absolute Gasteiger partial charge is 0.387 e. The molecule has 0 heterocycles. The SMILES string of the molecule is CCCCc1c([N+](=O)[O-])ccc(C(C)C(C)NCC(O)c2cccc(C(=O)NCC(C)C)c2)c1C(=O)NC. The Balaban J connectivity index is 2.22. The van der Waals surface area contributed by atoms with Crippen LogP contribution in [0.4, 0.5) is 5.69 Å². The van der Waals surface area contributed by atoms with Crippen molar-refractivity contribution in [1.82, 2.24) is 16.0 Å². The minimum absolute atomic E-state index is 0.0404. The van der Waals surface area contributed by atoms with Crippen LogP contribution < -0.4 is 16.0 Å². The van der Waals surface area contributed by atoms with Crippen LogP contribution in [0, 0.1) is 16.0 Å². The van der Waals surface area contributed by atoms with Crippen LogP contribution in [0.15, 0.2) is 36.4 Å². The number of hydrogen-bond acceptors (Lipinski definition) is 6. The minimum Gasteiger partial charge on any atom is -0.387 e. The van der Waals surface area contributed by atoms with E-state index in [2.05, 4.69) is 16.0 Å². The molecule has 0 aliphatic carbocycles. The molecule has 0 aliphatic rings. The number of nitro groups is 1. The fourth-order valence-electron chi connectivity index (χ4n) is 4.35. The lowest BCUT2D eigenvalue weighted by atomic mass is 9.85. The number of nitro benzene ring substituents is 1. The number of aliphatic hydroxyl groups is 1. The van der Waals surface area contributed by atoms with Gasteiger partial charge in [-0.2, -0.15) is 0 Å². The smallest absolute Gasteiger partial charge is 0.273 e. The molecule has 0 radical (unpaired) electrons. The molecule has 3 unspecified atom stereocenters. The van der Waals surface area contributed by atoms with Crippen LogP contribution in [-0.2, 0) is 6.42 Å². The predicted molar refractivity (Wildman–Crippen MR) is 150 cm³/mol. The highest BCUT2D eigenvalue weighted by Crippen LogP contribution is 2.33. The second-order valence-electron chi connectivity index (χ2n) is 10.2. The van der Waals surface area contributed by atoms with Crippen molar-refractivity contribution in [2.75, 3.05) is 20.1 Å². The van der Waals surface area contributed by atoms with Crippen LogP contribution in [-0.4, -0.2) is 48.0 Å². The summed E-state index contributed by atoms with van der Waals surface area (Å²) in [7, 11) is 1.52. The highest BCUT2D eigenvalue weighted by Gasteiger charge is 2.28. The molecule has 0 aliphatic heterocycles. The first-order valence-electron chi connectivity index (χ1n) is 13.3. The van der Waals surface area contributed by atoms with Gasteiger partial charge in [-0.25, -0.2) is 0 Å². The molecule has 0 aromatic heterocycles. The van der Waals surface area contributed by atoms with Crippen LogP contribution in [0.5, 0.6) is 0 Å². The van der Waals surface area contributed by atoms with Crippen LogP contribution in [0.3, 0.4) is 0 Å². The van der Waals surface area contributed by atoms with Crippen molar-refractivity contribution < 1.29 is 19.6 Å². The van der Waals surface area contributed by atoms with Gasteiger partial charge in [0.05, 0.1) is 16.6 Å². The van der Waals surface area contributed by atoms with Gasteiger partial charge in [-0.15, -0.1) is 0 Å². The van der Waals surface area contributed by atoms with E-state index in [0.29, 0.717) is 41.1 Å². The summed E-state index contributed by atoms with van der Waals surface area (Å²) >= 11 is 0. The molecule has 208 valence electrons. The van der Waals surface area contributed by atoms with Crippen molar-refractivity contribution >= 4 is 17.5 Å². The van der Waals surface area contributed by atoms with Crippen LogP contribution in [0.1, 0.15) is 96.9 Å². The lowest BCUT2D eigenvalue weighted by Crippen LogP contribution is -2.35. The maximum absolute atomic E-state index is 12.9. The van der Waals surface area contributed by atoms with Crippen molar-refractivity contribution in [1.29, 1.82) is 0 Å². The minimum atomic E-state index is -0.849. The van der Waals surface area contributed by atoms with Gasteiger partial charge in [0.2, 0.25) is 0 Å². The maximum Gasteiger partial charge on any atom is 0.273 e. The quantitative estimate of drug-likeness (QED) is 0.212. The molecule has 0 bridgehead atoms. The second kappa shape index (κ2) is 14.6. The normalized spacial score (nSPS) is 13.6. The highest BCUT2D eigenvalue weighted by molar-refractivity contribution is 5.98. The molecule has 0 saturated heterocycles. The number of hydrogen-bond donors (Lipinski definition) is 4. The molecule has 3 atom stereocenters. The zero-order chi connectivity index (χ0) is 28.4. The van der Waals surface area contributed by atoms with Gasteiger partial charge in [-0.3, -0.25) is 19.7 Å². The third-order valence-electron chi connectivity index (χ3n) is 6.83.